The third kappa shape index (κ3) is 4.16. The van der Waals surface area contributed by atoms with Gasteiger partial charge in [-0.25, -0.2) is 4.39 Å². The zero-order valence-electron chi connectivity index (χ0n) is 11.3. The van der Waals surface area contributed by atoms with E-state index in [1.807, 2.05) is 0 Å². The highest BCUT2D eigenvalue weighted by molar-refractivity contribution is 6.31. The molecule has 4 heteroatoms. The molecule has 0 unspecified atom stereocenters. The Balaban J connectivity index is 1.83. The lowest BCUT2D eigenvalue weighted by atomic mass is 9.79. The average Bonchev–Trinajstić information content (AvgIpc) is 2.36. The van der Waals surface area contributed by atoms with Gasteiger partial charge in [-0.3, -0.25) is 0 Å². The molecule has 0 aromatic heterocycles. The number of halogens is 2. The summed E-state index contributed by atoms with van der Waals surface area (Å²) in [6.45, 7) is 3.34. The van der Waals surface area contributed by atoms with Crippen molar-refractivity contribution >= 4 is 11.6 Å². The molecule has 0 bridgehead atoms. The predicted molar refractivity (Wildman–Crippen MR) is 75.7 cm³/mol. The summed E-state index contributed by atoms with van der Waals surface area (Å²) in [5.74, 6) is 0.389. The maximum absolute atomic E-state index is 12.9. The third-order valence-corrected chi connectivity index (χ3v) is 4.34. The normalized spacial score (nSPS) is 27.5. The fourth-order valence-electron chi connectivity index (χ4n) is 2.57. The maximum atomic E-state index is 12.9. The van der Waals surface area contributed by atoms with Crippen molar-refractivity contribution in [2.24, 2.45) is 5.92 Å². The molecule has 0 heterocycles. The highest BCUT2D eigenvalue weighted by atomic mass is 35.5. The highest BCUT2D eigenvalue weighted by Crippen LogP contribution is 2.31. The number of benzene rings is 1. The third-order valence-electron chi connectivity index (χ3n) is 3.99. The molecule has 2 N–H and O–H groups in total. The lowest BCUT2D eigenvalue weighted by Crippen LogP contribution is -2.43. The number of hydrogen-bond donors (Lipinski definition) is 2. The maximum Gasteiger partial charge on any atom is 0.124 e. The van der Waals surface area contributed by atoms with E-state index in [1.54, 1.807) is 6.07 Å². The van der Waals surface area contributed by atoms with E-state index in [-0.39, 0.29) is 5.82 Å². The zero-order chi connectivity index (χ0) is 13.9. The first-order valence-corrected chi connectivity index (χ1v) is 7.23. The van der Waals surface area contributed by atoms with Gasteiger partial charge >= 0.3 is 0 Å². The summed E-state index contributed by atoms with van der Waals surface area (Å²) >= 11 is 5.96. The Morgan fingerprint density at radius 1 is 1.42 bits per heavy atom. The van der Waals surface area contributed by atoms with Gasteiger partial charge in [0.05, 0.1) is 5.60 Å². The van der Waals surface area contributed by atoms with Crippen LogP contribution in [-0.4, -0.2) is 17.3 Å². The number of hydrogen-bond acceptors (Lipinski definition) is 2. The molecule has 0 radical (unpaired) electrons. The van der Waals surface area contributed by atoms with E-state index in [0.29, 0.717) is 24.0 Å². The summed E-state index contributed by atoms with van der Waals surface area (Å²) in [5, 5.41) is 14.1. The van der Waals surface area contributed by atoms with Crippen LogP contribution < -0.4 is 5.32 Å². The van der Waals surface area contributed by atoms with Crippen LogP contribution in [0.1, 0.15) is 38.2 Å². The Hall–Kier alpha value is -0.640. The molecule has 1 aliphatic carbocycles. The largest absolute Gasteiger partial charge is 0.389 e. The van der Waals surface area contributed by atoms with Gasteiger partial charge in [-0.1, -0.05) is 24.6 Å². The Morgan fingerprint density at radius 2 is 2.11 bits per heavy atom. The lowest BCUT2D eigenvalue weighted by Gasteiger charge is -2.35. The molecule has 2 rings (SSSR count). The first-order valence-electron chi connectivity index (χ1n) is 6.85. The van der Waals surface area contributed by atoms with Crippen molar-refractivity contribution in [1.82, 2.24) is 5.32 Å². The number of aliphatic hydroxyl groups is 1. The van der Waals surface area contributed by atoms with Crippen LogP contribution in [0.5, 0.6) is 0 Å². The molecule has 1 saturated carbocycles. The lowest BCUT2D eigenvalue weighted by molar-refractivity contribution is -0.00630. The van der Waals surface area contributed by atoms with Crippen LogP contribution in [0.2, 0.25) is 5.02 Å². The molecular formula is C15H21ClFNO. The van der Waals surface area contributed by atoms with Gasteiger partial charge in [-0.2, -0.15) is 0 Å². The molecule has 2 nitrogen and oxygen atoms in total. The molecule has 0 spiro atoms. The molecule has 0 saturated heterocycles. The molecule has 1 aliphatic rings. The Morgan fingerprint density at radius 3 is 2.74 bits per heavy atom. The quantitative estimate of drug-likeness (QED) is 0.887. The van der Waals surface area contributed by atoms with Gasteiger partial charge < -0.3 is 10.4 Å². The van der Waals surface area contributed by atoms with Gasteiger partial charge in [0.25, 0.3) is 0 Å². The van der Waals surface area contributed by atoms with Crippen molar-refractivity contribution in [3.05, 3.63) is 34.6 Å². The van der Waals surface area contributed by atoms with Crippen molar-refractivity contribution in [2.45, 2.75) is 44.8 Å². The second kappa shape index (κ2) is 6.21. The van der Waals surface area contributed by atoms with Crippen LogP contribution in [0.25, 0.3) is 0 Å². The molecule has 0 amide bonds. The molecule has 19 heavy (non-hydrogen) atoms. The van der Waals surface area contributed by atoms with E-state index in [9.17, 15) is 9.50 Å². The fraction of sp³-hybridized carbons (Fsp3) is 0.600. The molecule has 1 aromatic carbocycles. The van der Waals surface area contributed by atoms with E-state index in [1.165, 1.54) is 12.1 Å². The monoisotopic (exact) mass is 285 g/mol. The Labute approximate surface area is 119 Å². The summed E-state index contributed by atoms with van der Waals surface area (Å²) in [6, 6.07) is 4.40. The standard InChI is InChI=1S/C15H21ClFNO/c1-11-4-6-15(19,7-5-11)10-18-9-12-2-3-13(17)8-14(12)16/h2-3,8,11,18-19H,4-7,9-10H2,1H3. The van der Waals surface area contributed by atoms with Crippen molar-refractivity contribution < 1.29 is 9.50 Å². The smallest absolute Gasteiger partial charge is 0.124 e. The minimum absolute atomic E-state index is 0.325. The summed E-state index contributed by atoms with van der Waals surface area (Å²) in [6.07, 6.45) is 3.85. The van der Waals surface area contributed by atoms with Crippen LogP contribution in [-0.2, 0) is 6.54 Å². The molecule has 106 valence electrons. The average molecular weight is 286 g/mol. The topological polar surface area (TPSA) is 32.3 Å². The van der Waals surface area contributed by atoms with Gasteiger partial charge in [-0.05, 0) is 49.3 Å². The van der Waals surface area contributed by atoms with Gasteiger partial charge in [0, 0.05) is 18.1 Å². The highest BCUT2D eigenvalue weighted by Gasteiger charge is 2.31. The van der Waals surface area contributed by atoms with Crippen LogP contribution in [0, 0.1) is 11.7 Å². The van der Waals surface area contributed by atoms with E-state index >= 15 is 0 Å². The summed E-state index contributed by atoms with van der Waals surface area (Å²) in [4.78, 5) is 0. The van der Waals surface area contributed by atoms with Crippen molar-refractivity contribution in [3.8, 4) is 0 Å². The SMILES string of the molecule is CC1CCC(O)(CNCc2ccc(F)cc2Cl)CC1. The second-order valence-corrected chi connectivity index (χ2v) is 6.15. The zero-order valence-corrected chi connectivity index (χ0v) is 12.0. The molecule has 1 fully saturated rings. The number of rotatable bonds is 4. The van der Waals surface area contributed by atoms with Gasteiger partial charge in [0.1, 0.15) is 5.82 Å². The number of nitrogens with one attached hydrogen (secondary N) is 1. The summed E-state index contributed by atoms with van der Waals surface area (Å²) in [7, 11) is 0. The van der Waals surface area contributed by atoms with Crippen LogP contribution in [0.15, 0.2) is 18.2 Å². The van der Waals surface area contributed by atoms with Crippen LogP contribution in [0.4, 0.5) is 4.39 Å². The minimum Gasteiger partial charge on any atom is -0.389 e. The summed E-state index contributed by atoms with van der Waals surface area (Å²) in [5.41, 5.74) is 0.259. The van der Waals surface area contributed by atoms with Gasteiger partial charge in [0.15, 0.2) is 0 Å². The molecule has 0 aliphatic heterocycles. The Kier molecular flexibility index (Phi) is 4.82. The van der Waals surface area contributed by atoms with Crippen LogP contribution >= 0.6 is 11.6 Å². The first-order chi connectivity index (χ1) is 8.98. The fourth-order valence-corrected chi connectivity index (χ4v) is 2.81. The Bertz CT molecular complexity index is 430. The first kappa shape index (κ1) is 14.8. The summed E-state index contributed by atoms with van der Waals surface area (Å²) < 4.78 is 12.9. The van der Waals surface area contributed by atoms with Gasteiger partial charge in [0.2, 0.25) is 0 Å². The second-order valence-electron chi connectivity index (χ2n) is 5.75. The minimum atomic E-state index is -0.598. The molecule has 1 aromatic rings. The molecular weight excluding hydrogens is 265 g/mol. The van der Waals surface area contributed by atoms with E-state index < -0.39 is 5.60 Å². The van der Waals surface area contributed by atoms with Crippen molar-refractivity contribution in [3.63, 3.8) is 0 Å². The van der Waals surface area contributed by atoms with Gasteiger partial charge in [-0.15, -0.1) is 0 Å². The van der Waals surface area contributed by atoms with Crippen molar-refractivity contribution in [1.29, 1.82) is 0 Å². The van der Waals surface area contributed by atoms with E-state index in [0.717, 1.165) is 31.2 Å². The predicted octanol–water partition coefficient (Wildman–Crippen LogP) is 3.51. The van der Waals surface area contributed by atoms with E-state index in [2.05, 4.69) is 12.2 Å². The van der Waals surface area contributed by atoms with Crippen LogP contribution in [0.3, 0.4) is 0 Å². The molecule has 0 atom stereocenters. The van der Waals surface area contributed by atoms with E-state index in [4.69, 9.17) is 11.6 Å². The van der Waals surface area contributed by atoms with Crippen molar-refractivity contribution in [2.75, 3.05) is 6.54 Å².